The maximum atomic E-state index is 12.8. The molecule has 2 aromatic rings. The molecule has 0 radical (unpaired) electrons. The van der Waals surface area contributed by atoms with Gasteiger partial charge in [0.05, 0.1) is 5.69 Å². The minimum Gasteiger partial charge on any atom is -0.324 e. The standard InChI is InChI=1S/C19H17N5O3/c1-12-7-9-14(10-8-12)24-18(26)16-17(19(24)27)23(22-21-16)11-15(25)20-13-5-3-2-4-6-13/h2-10,16-17H,11H2,1H3,(H,20,25). The van der Waals surface area contributed by atoms with E-state index in [1.54, 1.807) is 36.4 Å². The molecule has 2 heterocycles. The average Bonchev–Trinajstić information content (AvgIpc) is 3.17. The van der Waals surface area contributed by atoms with Crippen molar-refractivity contribution >= 4 is 29.1 Å². The summed E-state index contributed by atoms with van der Waals surface area (Å²) in [6.45, 7) is 1.76. The van der Waals surface area contributed by atoms with Gasteiger partial charge in [0.25, 0.3) is 11.8 Å². The van der Waals surface area contributed by atoms with Crippen molar-refractivity contribution in [3.05, 3.63) is 60.2 Å². The number of fused-ring (bicyclic) bond motifs is 1. The zero-order chi connectivity index (χ0) is 19.0. The highest BCUT2D eigenvalue weighted by atomic mass is 16.2. The zero-order valence-corrected chi connectivity index (χ0v) is 14.6. The molecule has 8 heteroatoms. The lowest BCUT2D eigenvalue weighted by Crippen LogP contribution is -2.43. The van der Waals surface area contributed by atoms with Crippen LogP contribution in [0.4, 0.5) is 11.4 Å². The predicted octanol–water partition coefficient (Wildman–Crippen LogP) is 1.93. The molecule has 1 saturated heterocycles. The molecule has 2 aliphatic heterocycles. The van der Waals surface area contributed by atoms with Gasteiger partial charge >= 0.3 is 0 Å². The van der Waals surface area contributed by atoms with Gasteiger partial charge in [0.1, 0.15) is 6.54 Å². The molecule has 3 amide bonds. The molecule has 0 saturated carbocycles. The summed E-state index contributed by atoms with van der Waals surface area (Å²) >= 11 is 0. The number of rotatable bonds is 4. The van der Waals surface area contributed by atoms with Crippen molar-refractivity contribution in [2.75, 3.05) is 16.8 Å². The fourth-order valence-electron chi connectivity index (χ4n) is 3.17. The highest BCUT2D eigenvalue weighted by Crippen LogP contribution is 2.31. The van der Waals surface area contributed by atoms with E-state index in [-0.39, 0.29) is 12.5 Å². The Kier molecular flexibility index (Phi) is 4.15. The molecule has 2 aliphatic rings. The lowest BCUT2D eigenvalue weighted by atomic mass is 10.1. The van der Waals surface area contributed by atoms with E-state index in [9.17, 15) is 14.4 Å². The number of carbonyl (C=O) groups is 3. The first kappa shape index (κ1) is 16.9. The molecule has 0 spiro atoms. The fourth-order valence-corrected chi connectivity index (χ4v) is 3.17. The summed E-state index contributed by atoms with van der Waals surface area (Å²) < 4.78 is 0. The zero-order valence-electron chi connectivity index (χ0n) is 14.6. The van der Waals surface area contributed by atoms with Crippen molar-refractivity contribution in [2.45, 2.75) is 19.0 Å². The summed E-state index contributed by atoms with van der Waals surface area (Å²) in [5.74, 6) is -1.19. The van der Waals surface area contributed by atoms with E-state index in [2.05, 4.69) is 15.7 Å². The van der Waals surface area contributed by atoms with Gasteiger partial charge in [0.2, 0.25) is 5.91 Å². The van der Waals surface area contributed by atoms with E-state index < -0.39 is 23.9 Å². The molecule has 8 nitrogen and oxygen atoms in total. The number of nitrogens with zero attached hydrogens (tertiary/aromatic N) is 4. The topological polar surface area (TPSA) is 94.4 Å². The van der Waals surface area contributed by atoms with Crippen LogP contribution in [-0.4, -0.2) is 41.4 Å². The second kappa shape index (κ2) is 6.64. The molecule has 1 N–H and O–H groups in total. The Morgan fingerprint density at radius 1 is 1.04 bits per heavy atom. The van der Waals surface area contributed by atoms with Gasteiger partial charge in [-0.15, -0.1) is 0 Å². The van der Waals surface area contributed by atoms with Crippen LogP contribution in [0, 0.1) is 6.92 Å². The summed E-state index contributed by atoms with van der Waals surface area (Å²) in [4.78, 5) is 38.9. The molecule has 0 aliphatic carbocycles. The second-order valence-electron chi connectivity index (χ2n) is 6.45. The molecular formula is C19H17N5O3. The van der Waals surface area contributed by atoms with E-state index in [1.165, 1.54) is 5.01 Å². The van der Waals surface area contributed by atoms with Crippen molar-refractivity contribution in [1.82, 2.24) is 5.01 Å². The van der Waals surface area contributed by atoms with Crippen LogP contribution in [0.15, 0.2) is 64.9 Å². The van der Waals surface area contributed by atoms with Gasteiger partial charge in [0.15, 0.2) is 12.1 Å². The summed E-state index contributed by atoms with van der Waals surface area (Å²) in [7, 11) is 0. The SMILES string of the molecule is Cc1ccc(N2C(=O)C3N=NN(CC(=O)Nc4ccccc4)C3C2=O)cc1. The fraction of sp³-hybridized carbons (Fsp3) is 0.211. The maximum Gasteiger partial charge on any atom is 0.263 e. The quantitative estimate of drug-likeness (QED) is 0.840. The Morgan fingerprint density at radius 3 is 2.44 bits per heavy atom. The summed E-state index contributed by atoms with van der Waals surface area (Å²) in [5.41, 5.74) is 2.16. The molecule has 2 atom stereocenters. The minimum atomic E-state index is -0.914. The number of carbonyl (C=O) groups excluding carboxylic acids is 3. The van der Waals surface area contributed by atoms with E-state index in [0.29, 0.717) is 11.4 Å². The molecule has 0 aromatic heterocycles. The summed E-state index contributed by atoms with van der Waals surface area (Å²) in [6.07, 6.45) is 0. The van der Waals surface area contributed by atoms with E-state index in [4.69, 9.17) is 0 Å². The highest BCUT2D eigenvalue weighted by Gasteiger charge is 2.55. The predicted molar refractivity (Wildman–Crippen MR) is 97.9 cm³/mol. The Labute approximate surface area is 155 Å². The number of hydrogen-bond donors (Lipinski definition) is 1. The number of benzene rings is 2. The maximum absolute atomic E-state index is 12.8. The minimum absolute atomic E-state index is 0.166. The number of nitrogens with one attached hydrogen (secondary N) is 1. The first-order chi connectivity index (χ1) is 13.0. The average molecular weight is 363 g/mol. The second-order valence-corrected chi connectivity index (χ2v) is 6.45. The normalized spacial score (nSPS) is 20.9. The lowest BCUT2D eigenvalue weighted by molar-refractivity contribution is -0.123. The third kappa shape index (κ3) is 3.05. The van der Waals surface area contributed by atoms with Gasteiger partial charge in [-0.25, -0.2) is 4.90 Å². The van der Waals surface area contributed by atoms with Crippen LogP contribution in [-0.2, 0) is 14.4 Å². The Bertz CT molecular complexity index is 926. The number of amides is 3. The molecule has 27 heavy (non-hydrogen) atoms. The monoisotopic (exact) mass is 363 g/mol. The Balaban J connectivity index is 1.49. The molecule has 1 fully saturated rings. The van der Waals surface area contributed by atoms with Crippen molar-refractivity contribution in [3.8, 4) is 0 Å². The van der Waals surface area contributed by atoms with Gasteiger partial charge in [-0.3, -0.25) is 19.4 Å². The number of para-hydroxylation sites is 1. The molecule has 2 aromatic carbocycles. The van der Waals surface area contributed by atoms with Gasteiger partial charge < -0.3 is 5.32 Å². The van der Waals surface area contributed by atoms with Crippen LogP contribution in [0.2, 0.25) is 0 Å². The first-order valence-corrected chi connectivity index (χ1v) is 8.51. The van der Waals surface area contributed by atoms with Gasteiger partial charge in [-0.05, 0) is 31.2 Å². The van der Waals surface area contributed by atoms with Crippen LogP contribution in [0.5, 0.6) is 0 Å². The number of anilines is 2. The van der Waals surface area contributed by atoms with Crippen molar-refractivity contribution in [3.63, 3.8) is 0 Å². The van der Waals surface area contributed by atoms with Gasteiger partial charge in [-0.1, -0.05) is 41.1 Å². The smallest absolute Gasteiger partial charge is 0.263 e. The van der Waals surface area contributed by atoms with Crippen molar-refractivity contribution in [1.29, 1.82) is 0 Å². The van der Waals surface area contributed by atoms with Crippen LogP contribution in [0.1, 0.15) is 5.56 Å². The van der Waals surface area contributed by atoms with Crippen LogP contribution < -0.4 is 10.2 Å². The summed E-state index contributed by atoms with van der Waals surface area (Å²) in [5, 5.41) is 11.8. The van der Waals surface area contributed by atoms with E-state index in [0.717, 1.165) is 10.5 Å². The first-order valence-electron chi connectivity index (χ1n) is 8.51. The van der Waals surface area contributed by atoms with Gasteiger partial charge in [0, 0.05) is 5.69 Å². The Hall–Kier alpha value is -3.55. The third-order valence-electron chi connectivity index (χ3n) is 4.51. The highest BCUT2D eigenvalue weighted by molar-refractivity contribution is 6.25. The largest absolute Gasteiger partial charge is 0.324 e. The molecule has 0 bridgehead atoms. The summed E-state index contributed by atoms with van der Waals surface area (Å²) in [6, 6.07) is 14.3. The van der Waals surface area contributed by atoms with E-state index in [1.807, 2.05) is 25.1 Å². The molecular weight excluding hydrogens is 346 g/mol. The van der Waals surface area contributed by atoms with Crippen LogP contribution >= 0.6 is 0 Å². The number of imide groups is 1. The number of aryl methyl sites for hydroxylation is 1. The molecule has 4 rings (SSSR count). The molecule has 2 unspecified atom stereocenters. The van der Waals surface area contributed by atoms with E-state index >= 15 is 0 Å². The van der Waals surface area contributed by atoms with Crippen LogP contribution in [0.3, 0.4) is 0 Å². The third-order valence-corrected chi connectivity index (χ3v) is 4.51. The lowest BCUT2D eigenvalue weighted by Gasteiger charge is -2.20. The van der Waals surface area contributed by atoms with Crippen LogP contribution in [0.25, 0.3) is 0 Å². The van der Waals surface area contributed by atoms with Crippen molar-refractivity contribution < 1.29 is 14.4 Å². The number of hydrogen-bond acceptors (Lipinski definition) is 6. The van der Waals surface area contributed by atoms with Crippen molar-refractivity contribution in [2.24, 2.45) is 10.3 Å². The molecule has 136 valence electrons. The van der Waals surface area contributed by atoms with Gasteiger partial charge in [-0.2, -0.15) is 5.11 Å². The Morgan fingerprint density at radius 2 is 1.74 bits per heavy atom.